The first-order valence-electron chi connectivity index (χ1n) is 16.6. The third kappa shape index (κ3) is 8.85. The standard InChI is InChI=1S/C39H44ClN3O4S/c1-28(2)32-17-21-35(22-18-32)43(48(46,47)36-23-13-29(3)14-24-36)27-38(44)42(26-31-15-19-33(40)20-16-31)37(25-30-9-5-4-6-10-30)39(45)41-34-11-7-8-12-34/h4-6,9-10,13-24,28,34,37H,7-8,11-12,25-27H2,1-3H3,(H,41,45)/t37-/m1/s1. The molecule has 7 nitrogen and oxygen atoms in total. The zero-order valence-electron chi connectivity index (χ0n) is 27.8. The molecule has 4 aromatic carbocycles. The van der Waals surface area contributed by atoms with E-state index < -0.39 is 28.5 Å². The Morgan fingerprint density at radius 2 is 1.46 bits per heavy atom. The molecule has 4 aromatic rings. The third-order valence-corrected chi connectivity index (χ3v) is 11.0. The molecule has 0 bridgehead atoms. The average Bonchev–Trinajstić information content (AvgIpc) is 3.59. The highest BCUT2D eigenvalue weighted by atomic mass is 35.5. The largest absolute Gasteiger partial charge is 0.352 e. The topological polar surface area (TPSA) is 86.8 Å². The smallest absolute Gasteiger partial charge is 0.264 e. The number of sulfonamides is 1. The Labute approximate surface area is 290 Å². The summed E-state index contributed by atoms with van der Waals surface area (Å²) >= 11 is 6.19. The highest BCUT2D eigenvalue weighted by Crippen LogP contribution is 2.28. The summed E-state index contributed by atoms with van der Waals surface area (Å²) in [5.74, 6) is -0.492. The zero-order valence-corrected chi connectivity index (χ0v) is 29.4. The maximum atomic E-state index is 14.7. The number of halogens is 1. The molecule has 0 aromatic heterocycles. The van der Waals surface area contributed by atoms with Gasteiger partial charge in [-0.3, -0.25) is 13.9 Å². The van der Waals surface area contributed by atoms with Gasteiger partial charge in [-0.25, -0.2) is 8.42 Å². The fraction of sp³-hybridized carbons (Fsp3) is 0.333. The number of nitrogens with zero attached hydrogens (tertiary/aromatic N) is 2. The molecule has 252 valence electrons. The van der Waals surface area contributed by atoms with Crippen molar-refractivity contribution in [2.45, 2.75) is 82.3 Å². The Balaban J connectivity index is 1.57. The number of rotatable bonds is 13. The van der Waals surface area contributed by atoms with Gasteiger partial charge in [0, 0.05) is 24.0 Å². The van der Waals surface area contributed by atoms with Gasteiger partial charge < -0.3 is 10.2 Å². The number of carbonyl (C=O) groups is 2. The van der Waals surface area contributed by atoms with Gasteiger partial charge in [0.05, 0.1) is 10.6 Å². The lowest BCUT2D eigenvalue weighted by Gasteiger charge is -2.34. The first-order valence-corrected chi connectivity index (χ1v) is 18.4. The van der Waals surface area contributed by atoms with Crippen molar-refractivity contribution in [2.75, 3.05) is 10.8 Å². The van der Waals surface area contributed by atoms with Crippen molar-refractivity contribution in [3.05, 3.63) is 130 Å². The second-order valence-corrected chi connectivity index (χ2v) is 15.2. The van der Waals surface area contributed by atoms with Crippen molar-refractivity contribution in [1.29, 1.82) is 0 Å². The summed E-state index contributed by atoms with van der Waals surface area (Å²) < 4.78 is 29.8. The Morgan fingerprint density at radius 1 is 0.833 bits per heavy atom. The number of anilines is 1. The molecule has 1 saturated carbocycles. The van der Waals surface area contributed by atoms with E-state index in [4.69, 9.17) is 11.6 Å². The lowest BCUT2D eigenvalue weighted by Crippen LogP contribution is -2.54. The zero-order chi connectivity index (χ0) is 34.3. The maximum Gasteiger partial charge on any atom is 0.264 e. The van der Waals surface area contributed by atoms with Crippen molar-refractivity contribution < 1.29 is 18.0 Å². The minimum atomic E-state index is -4.17. The predicted molar refractivity (Wildman–Crippen MR) is 193 cm³/mol. The third-order valence-electron chi connectivity index (χ3n) is 8.97. The van der Waals surface area contributed by atoms with Gasteiger partial charge in [-0.2, -0.15) is 0 Å². The van der Waals surface area contributed by atoms with Crippen LogP contribution in [-0.2, 0) is 32.6 Å². The van der Waals surface area contributed by atoms with Gasteiger partial charge >= 0.3 is 0 Å². The van der Waals surface area contributed by atoms with Crippen LogP contribution in [0.5, 0.6) is 0 Å². The van der Waals surface area contributed by atoms with Gasteiger partial charge in [0.15, 0.2) is 0 Å². The molecule has 1 aliphatic carbocycles. The van der Waals surface area contributed by atoms with E-state index in [1.54, 1.807) is 48.5 Å². The van der Waals surface area contributed by atoms with E-state index in [2.05, 4.69) is 19.2 Å². The van der Waals surface area contributed by atoms with Crippen LogP contribution in [0.15, 0.2) is 108 Å². The lowest BCUT2D eigenvalue weighted by molar-refractivity contribution is -0.140. The summed E-state index contributed by atoms with van der Waals surface area (Å²) in [4.78, 5) is 30.4. The van der Waals surface area contributed by atoms with Crippen LogP contribution in [0.1, 0.15) is 67.7 Å². The summed E-state index contributed by atoms with van der Waals surface area (Å²) in [7, 11) is -4.17. The molecule has 9 heteroatoms. The van der Waals surface area contributed by atoms with Crippen LogP contribution in [-0.4, -0.2) is 43.8 Å². The molecule has 1 fully saturated rings. The van der Waals surface area contributed by atoms with Gasteiger partial charge in [0.2, 0.25) is 11.8 Å². The van der Waals surface area contributed by atoms with Gasteiger partial charge in [-0.05, 0) is 78.8 Å². The summed E-state index contributed by atoms with van der Waals surface area (Å²) in [6, 6.07) is 29.7. The van der Waals surface area contributed by atoms with Crippen LogP contribution in [0.2, 0.25) is 5.02 Å². The summed E-state index contributed by atoms with van der Waals surface area (Å²) in [6.45, 7) is 5.62. The summed E-state index contributed by atoms with van der Waals surface area (Å²) in [5.41, 5.74) is 4.01. The summed E-state index contributed by atoms with van der Waals surface area (Å²) in [6.07, 6.45) is 4.15. The molecule has 0 unspecified atom stereocenters. The molecule has 0 spiro atoms. The highest BCUT2D eigenvalue weighted by Gasteiger charge is 2.35. The molecule has 0 heterocycles. The van der Waals surface area contributed by atoms with E-state index in [0.717, 1.165) is 52.2 Å². The molecule has 1 N–H and O–H groups in total. The van der Waals surface area contributed by atoms with Crippen LogP contribution >= 0.6 is 11.6 Å². The molecule has 5 rings (SSSR count). The molecule has 0 saturated heterocycles. The molecule has 2 amide bonds. The molecule has 1 aliphatic rings. The Kier molecular flexibility index (Phi) is 11.6. The number of benzene rings is 4. The average molecular weight is 686 g/mol. The Hall–Kier alpha value is -4.14. The number of amides is 2. The first kappa shape index (κ1) is 35.2. The number of nitrogens with one attached hydrogen (secondary N) is 1. The monoisotopic (exact) mass is 685 g/mol. The predicted octanol–water partition coefficient (Wildman–Crippen LogP) is 7.67. The van der Waals surface area contributed by atoms with E-state index in [-0.39, 0.29) is 35.7 Å². The van der Waals surface area contributed by atoms with Gasteiger partial charge in [0.25, 0.3) is 10.0 Å². The van der Waals surface area contributed by atoms with Gasteiger partial charge in [-0.1, -0.05) is 111 Å². The summed E-state index contributed by atoms with van der Waals surface area (Å²) in [5, 5.41) is 3.76. The van der Waals surface area contributed by atoms with Crippen LogP contribution in [0.25, 0.3) is 0 Å². The molecular formula is C39H44ClN3O4S. The maximum absolute atomic E-state index is 14.7. The minimum absolute atomic E-state index is 0.0427. The quantitative estimate of drug-likeness (QED) is 0.157. The SMILES string of the molecule is Cc1ccc(S(=O)(=O)N(CC(=O)N(Cc2ccc(Cl)cc2)[C@H](Cc2ccccc2)C(=O)NC2CCCC2)c2ccc(C(C)C)cc2)cc1. The lowest BCUT2D eigenvalue weighted by atomic mass is 10.0. The number of hydrogen-bond acceptors (Lipinski definition) is 4. The molecule has 0 radical (unpaired) electrons. The van der Waals surface area contributed by atoms with Crippen LogP contribution < -0.4 is 9.62 Å². The normalized spacial score (nSPS) is 14.1. The fourth-order valence-electron chi connectivity index (χ4n) is 6.10. The second-order valence-electron chi connectivity index (χ2n) is 12.9. The first-order chi connectivity index (χ1) is 23.0. The van der Waals surface area contributed by atoms with Gasteiger partial charge in [-0.15, -0.1) is 0 Å². The number of carbonyl (C=O) groups excluding carboxylic acids is 2. The molecule has 48 heavy (non-hydrogen) atoms. The highest BCUT2D eigenvalue weighted by molar-refractivity contribution is 7.92. The molecular weight excluding hydrogens is 642 g/mol. The second kappa shape index (κ2) is 15.8. The van der Waals surface area contributed by atoms with E-state index >= 15 is 0 Å². The molecule has 0 aliphatic heterocycles. The van der Waals surface area contributed by atoms with Crippen molar-refractivity contribution >= 4 is 39.1 Å². The fourth-order valence-corrected chi connectivity index (χ4v) is 7.64. The Morgan fingerprint density at radius 3 is 2.06 bits per heavy atom. The van der Waals surface area contributed by atoms with E-state index in [1.165, 1.54) is 4.90 Å². The van der Waals surface area contributed by atoms with E-state index in [9.17, 15) is 18.0 Å². The number of aryl methyl sites for hydroxylation is 1. The molecule has 1 atom stereocenters. The van der Waals surface area contributed by atoms with Crippen molar-refractivity contribution in [2.24, 2.45) is 0 Å². The van der Waals surface area contributed by atoms with Crippen LogP contribution in [0, 0.1) is 6.92 Å². The van der Waals surface area contributed by atoms with Crippen LogP contribution in [0.3, 0.4) is 0 Å². The Bertz CT molecular complexity index is 1770. The van der Waals surface area contributed by atoms with Crippen LogP contribution in [0.4, 0.5) is 5.69 Å². The van der Waals surface area contributed by atoms with Crippen molar-refractivity contribution in [1.82, 2.24) is 10.2 Å². The van der Waals surface area contributed by atoms with Crippen molar-refractivity contribution in [3.8, 4) is 0 Å². The van der Waals surface area contributed by atoms with Crippen molar-refractivity contribution in [3.63, 3.8) is 0 Å². The number of hydrogen-bond donors (Lipinski definition) is 1. The van der Waals surface area contributed by atoms with E-state index in [1.807, 2.05) is 61.5 Å². The van der Waals surface area contributed by atoms with Gasteiger partial charge in [0.1, 0.15) is 12.6 Å². The minimum Gasteiger partial charge on any atom is -0.352 e. The van der Waals surface area contributed by atoms with E-state index in [0.29, 0.717) is 10.7 Å².